The second kappa shape index (κ2) is 7.25. The van der Waals surface area contributed by atoms with E-state index in [1.807, 2.05) is 6.07 Å². The van der Waals surface area contributed by atoms with E-state index in [0.29, 0.717) is 0 Å². The third-order valence-corrected chi connectivity index (χ3v) is 7.50. The smallest absolute Gasteiger partial charge is 0.256 e. The van der Waals surface area contributed by atoms with Crippen LogP contribution in [0.1, 0.15) is 38.1 Å². The van der Waals surface area contributed by atoms with Crippen LogP contribution in [0.4, 0.5) is 5.00 Å². The monoisotopic (exact) mass is 428 g/mol. The highest BCUT2D eigenvalue weighted by molar-refractivity contribution is 7.16. The average molecular weight is 429 g/mol. The summed E-state index contributed by atoms with van der Waals surface area (Å²) in [6.07, 6.45) is 2.88. The molecule has 2 aliphatic heterocycles. The fraction of sp³-hybridized carbons (Fsp3) is 0.240. The Balaban J connectivity index is 1.39. The van der Waals surface area contributed by atoms with Gasteiger partial charge in [0.15, 0.2) is 0 Å². The molecule has 0 spiro atoms. The van der Waals surface area contributed by atoms with Crippen LogP contribution in [-0.2, 0) is 19.5 Å². The summed E-state index contributed by atoms with van der Waals surface area (Å²) in [6.45, 7) is 2.72. The van der Waals surface area contributed by atoms with Crippen molar-refractivity contribution in [3.8, 4) is 0 Å². The fourth-order valence-corrected chi connectivity index (χ4v) is 6.17. The molecule has 2 aliphatic rings. The third-order valence-electron chi connectivity index (χ3n) is 6.35. The molecule has 4 heterocycles. The number of aromatic nitrogens is 1. The summed E-state index contributed by atoms with van der Waals surface area (Å²) in [5.74, 6) is 0.0423. The minimum absolute atomic E-state index is 0.0423. The van der Waals surface area contributed by atoms with E-state index in [1.54, 1.807) is 11.3 Å². The summed E-state index contributed by atoms with van der Waals surface area (Å²) in [7, 11) is 2.14. The maximum absolute atomic E-state index is 13.2. The van der Waals surface area contributed by atoms with Crippen molar-refractivity contribution in [1.82, 2.24) is 14.8 Å². The number of anilines is 1. The number of rotatable bonds is 3. The number of nitrogens with one attached hydrogen (secondary N) is 2. The van der Waals surface area contributed by atoms with Crippen molar-refractivity contribution >= 4 is 33.1 Å². The molecule has 0 radical (unpaired) electrons. The van der Waals surface area contributed by atoms with E-state index >= 15 is 0 Å². The van der Waals surface area contributed by atoms with Crippen LogP contribution >= 0.6 is 11.3 Å². The Morgan fingerprint density at radius 3 is 2.74 bits per heavy atom. The van der Waals surface area contributed by atoms with Crippen molar-refractivity contribution in [1.29, 1.82) is 0 Å². The van der Waals surface area contributed by atoms with Gasteiger partial charge in [-0.1, -0.05) is 48.5 Å². The van der Waals surface area contributed by atoms with Crippen LogP contribution < -0.4 is 10.6 Å². The molecule has 1 atom stereocenters. The van der Waals surface area contributed by atoms with E-state index < -0.39 is 0 Å². The van der Waals surface area contributed by atoms with E-state index in [1.165, 1.54) is 26.9 Å². The van der Waals surface area contributed by atoms with Crippen molar-refractivity contribution in [3.05, 3.63) is 87.9 Å². The Morgan fingerprint density at radius 2 is 1.87 bits per heavy atom. The average Bonchev–Trinajstić information content (AvgIpc) is 3.32. The van der Waals surface area contributed by atoms with Crippen LogP contribution in [-0.4, -0.2) is 29.0 Å². The standard InChI is InChI=1S/C25H24N4OS/c1-28-12-11-18-21(15-28)31-25-22(18)24(30)26-23(27-25)19-14-29(13-16-7-3-2-4-8-16)20-10-6-5-9-17(19)20/h2-10,14,23,27H,11-13,15H2,1H3,(H,26,30)/t23-/m1/s1. The lowest BCUT2D eigenvalue weighted by Crippen LogP contribution is -2.38. The number of thiophene rings is 1. The Hall–Kier alpha value is -3.09. The van der Waals surface area contributed by atoms with Crippen LogP contribution in [0.2, 0.25) is 0 Å². The second-order valence-electron chi connectivity index (χ2n) is 8.46. The third kappa shape index (κ3) is 3.14. The number of nitrogens with zero attached hydrogens (tertiary/aromatic N) is 2. The molecule has 0 saturated heterocycles. The first kappa shape index (κ1) is 18.7. The number of hydrogen-bond donors (Lipinski definition) is 2. The molecule has 2 N–H and O–H groups in total. The van der Waals surface area contributed by atoms with Gasteiger partial charge >= 0.3 is 0 Å². The molecular formula is C25H24N4OS. The molecule has 5 nitrogen and oxygen atoms in total. The first-order chi connectivity index (χ1) is 15.2. The molecule has 2 aromatic heterocycles. The van der Waals surface area contributed by atoms with Crippen molar-refractivity contribution in [2.75, 3.05) is 18.9 Å². The number of carbonyl (C=O) groups is 1. The van der Waals surface area contributed by atoms with Crippen LogP contribution in [0.3, 0.4) is 0 Å². The highest BCUT2D eigenvalue weighted by Gasteiger charge is 2.33. The maximum atomic E-state index is 13.2. The molecule has 6 rings (SSSR count). The van der Waals surface area contributed by atoms with Crippen molar-refractivity contribution in [2.24, 2.45) is 0 Å². The summed E-state index contributed by atoms with van der Waals surface area (Å²) in [5, 5.41) is 9.05. The summed E-state index contributed by atoms with van der Waals surface area (Å²) in [5.41, 5.74) is 5.63. The van der Waals surface area contributed by atoms with Crippen molar-refractivity contribution < 1.29 is 4.79 Å². The Kier molecular flexibility index (Phi) is 4.37. The molecule has 156 valence electrons. The van der Waals surface area contributed by atoms with Gasteiger partial charge < -0.3 is 20.1 Å². The predicted molar refractivity (Wildman–Crippen MR) is 126 cm³/mol. The minimum atomic E-state index is -0.236. The Bertz CT molecular complexity index is 1290. The highest BCUT2D eigenvalue weighted by atomic mass is 32.1. The van der Waals surface area contributed by atoms with Gasteiger partial charge in [0.05, 0.1) is 5.56 Å². The SMILES string of the molecule is CN1CCc2c(sc3c2C(=O)N[C@@H](c2cn(Cc4ccccc4)c4ccccc24)N3)C1. The molecule has 6 heteroatoms. The first-order valence-electron chi connectivity index (χ1n) is 10.7. The Morgan fingerprint density at radius 1 is 1.06 bits per heavy atom. The van der Waals surface area contributed by atoms with Gasteiger partial charge in [-0.25, -0.2) is 0 Å². The number of benzene rings is 2. The summed E-state index contributed by atoms with van der Waals surface area (Å²) >= 11 is 1.74. The van der Waals surface area contributed by atoms with E-state index in [2.05, 4.69) is 81.9 Å². The second-order valence-corrected chi connectivity index (χ2v) is 9.57. The number of fused-ring (bicyclic) bond motifs is 4. The van der Waals surface area contributed by atoms with Crippen LogP contribution in [0.25, 0.3) is 10.9 Å². The molecule has 31 heavy (non-hydrogen) atoms. The fourth-order valence-electron chi connectivity index (χ4n) is 4.82. The van der Waals surface area contributed by atoms with E-state index in [4.69, 9.17) is 0 Å². The molecule has 2 aromatic carbocycles. The van der Waals surface area contributed by atoms with Crippen LogP contribution in [0.15, 0.2) is 60.8 Å². The van der Waals surface area contributed by atoms with E-state index in [0.717, 1.165) is 42.2 Å². The maximum Gasteiger partial charge on any atom is 0.256 e. The molecule has 0 bridgehead atoms. The predicted octanol–water partition coefficient (Wildman–Crippen LogP) is 4.59. The molecule has 1 amide bonds. The van der Waals surface area contributed by atoms with Gasteiger partial charge in [-0.05, 0) is 30.7 Å². The van der Waals surface area contributed by atoms with Gasteiger partial charge in [-0.2, -0.15) is 0 Å². The quantitative estimate of drug-likeness (QED) is 0.502. The zero-order chi connectivity index (χ0) is 20.9. The molecule has 0 saturated carbocycles. The normalized spacial score (nSPS) is 18.4. The molecule has 4 aromatic rings. The number of hydrogen-bond acceptors (Lipinski definition) is 4. The molecule has 0 fully saturated rings. The first-order valence-corrected chi connectivity index (χ1v) is 11.5. The number of amides is 1. The topological polar surface area (TPSA) is 49.3 Å². The summed E-state index contributed by atoms with van der Waals surface area (Å²) in [4.78, 5) is 16.8. The number of carbonyl (C=O) groups excluding carboxylic acids is 1. The van der Waals surface area contributed by atoms with Gasteiger partial charge in [0, 0.05) is 47.2 Å². The Labute approximate surface area is 185 Å². The summed E-state index contributed by atoms with van der Waals surface area (Å²) < 4.78 is 2.28. The van der Waals surface area contributed by atoms with Gasteiger partial charge in [0.25, 0.3) is 5.91 Å². The summed E-state index contributed by atoms with van der Waals surface area (Å²) in [6, 6.07) is 18.9. The van der Waals surface area contributed by atoms with Crippen LogP contribution in [0, 0.1) is 0 Å². The molecule has 0 aliphatic carbocycles. The largest absolute Gasteiger partial charge is 0.353 e. The molecule has 0 unspecified atom stereocenters. The number of para-hydroxylation sites is 1. The van der Waals surface area contributed by atoms with Crippen molar-refractivity contribution in [2.45, 2.75) is 25.7 Å². The highest BCUT2D eigenvalue weighted by Crippen LogP contribution is 2.41. The van der Waals surface area contributed by atoms with Crippen molar-refractivity contribution in [3.63, 3.8) is 0 Å². The lowest BCUT2D eigenvalue weighted by molar-refractivity contribution is 0.0935. The van der Waals surface area contributed by atoms with E-state index in [-0.39, 0.29) is 12.1 Å². The van der Waals surface area contributed by atoms with Gasteiger partial charge in [-0.15, -0.1) is 11.3 Å². The van der Waals surface area contributed by atoms with Gasteiger partial charge in [0.2, 0.25) is 0 Å². The van der Waals surface area contributed by atoms with Gasteiger partial charge in [-0.3, -0.25) is 4.79 Å². The van der Waals surface area contributed by atoms with Crippen LogP contribution in [0.5, 0.6) is 0 Å². The lowest BCUT2D eigenvalue weighted by Gasteiger charge is -2.27. The van der Waals surface area contributed by atoms with E-state index in [9.17, 15) is 4.79 Å². The zero-order valence-electron chi connectivity index (χ0n) is 17.4. The molecular weight excluding hydrogens is 404 g/mol. The zero-order valence-corrected chi connectivity index (χ0v) is 18.2. The minimum Gasteiger partial charge on any atom is -0.353 e. The van der Waals surface area contributed by atoms with Gasteiger partial charge in [0.1, 0.15) is 11.2 Å². The number of likely N-dealkylation sites (N-methyl/N-ethyl adjacent to an activating group) is 1. The lowest BCUT2D eigenvalue weighted by atomic mass is 10.0.